The first-order valence-electron chi connectivity index (χ1n) is 22.8. The van der Waals surface area contributed by atoms with Crippen LogP contribution < -0.4 is 0 Å². The van der Waals surface area contributed by atoms with Gasteiger partial charge in [0.15, 0.2) is 0 Å². The van der Waals surface area contributed by atoms with Gasteiger partial charge in [-0.25, -0.2) is 0 Å². The van der Waals surface area contributed by atoms with Crippen molar-refractivity contribution >= 4 is 80.1 Å². The summed E-state index contributed by atoms with van der Waals surface area (Å²) in [5.41, 5.74) is 16.1. The summed E-state index contributed by atoms with van der Waals surface area (Å²) in [6, 6.07) is 56.4. The SMILES string of the molecule is C1=C(C2CCCC2)[CH]([Hf]2([CH]3C(C4CCCC4)=Cc4c(-c5c6ccccc6cc6ccccc56)cccc43)[CH2][CH2]2)c2cccc(-c3c4ccccc4cc4ccccc34)c21.Cl.Cl. The van der Waals surface area contributed by atoms with E-state index in [0.29, 0.717) is 7.35 Å². The van der Waals surface area contributed by atoms with Crippen LogP contribution in [0.15, 0.2) is 157 Å². The number of fused-ring (bicyclic) bond motifs is 6. The molecule has 0 bridgehead atoms. The van der Waals surface area contributed by atoms with Crippen molar-refractivity contribution in [3.8, 4) is 22.3 Å². The Hall–Kier alpha value is -4.27. The molecule has 1 saturated heterocycles. The zero-order chi connectivity index (χ0) is 38.7. The summed E-state index contributed by atoms with van der Waals surface area (Å²) < 4.78 is 4.39. The monoisotopic (exact) mass is 998 g/mol. The number of hydrogen-bond donors (Lipinski definition) is 0. The summed E-state index contributed by atoms with van der Waals surface area (Å²) in [7, 11) is 0. The van der Waals surface area contributed by atoms with Gasteiger partial charge in [-0.3, -0.25) is 0 Å². The maximum atomic E-state index is 2.81. The van der Waals surface area contributed by atoms with Crippen molar-refractivity contribution < 1.29 is 20.0 Å². The molecule has 0 N–H and O–H groups in total. The van der Waals surface area contributed by atoms with Crippen LogP contribution in [-0.4, -0.2) is 0 Å². The van der Waals surface area contributed by atoms with Gasteiger partial charge in [-0.1, -0.05) is 0 Å². The molecule has 5 aliphatic rings. The Morgan fingerprint density at radius 2 is 0.721 bits per heavy atom. The quantitative estimate of drug-likeness (QED) is 0.115. The zero-order valence-electron chi connectivity index (χ0n) is 34.7. The first-order valence-corrected chi connectivity index (χ1v) is 32.0. The zero-order valence-corrected chi connectivity index (χ0v) is 39.9. The van der Waals surface area contributed by atoms with Crippen LogP contribution in [-0.2, 0) is 20.0 Å². The molecule has 0 spiro atoms. The Balaban J connectivity index is 0.00000210. The molecule has 0 radical (unpaired) electrons. The van der Waals surface area contributed by atoms with Gasteiger partial charge in [0, 0.05) is 0 Å². The van der Waals surface area contributed by atoms with Crippen LogP contribution in [0.2, 0.25) is 8.35 Å². The summed E-state index contributed by atoms with van der Waals surface area (Å²) in [6.07, 6.45) is 16.7. The van der Waals surface area contributed by atoms with Crippen molar-refractivity contribution in [2.45, 2.75) is 67.1 Å². The molecule has 2 saturated carbocycles. The maximum absolute atomic E-state index is 3.24. The molecule has 2 atom stereocenters. The van der Waals surface area contributed by atoms with E-state index in [-0.39, 0.29) is 24.8 Å². The molecular weight excluding hydrogens is 946 g/mol. The third-order valence-electron chi connectivity index (χ3n) is 15.9. The van der Waals surface area contributed by atoms with Crippen molar-refractivity contribution in [1.82, 2.24) is 0 Å². The Labute approximate surface area is 377 Å². The molecule has 1 aliphatic heterocycles. The van der Waals surface area contributed by atoms with E-state index in [4.69, 9.17) is 0 Å². The predicted octanol–water partition coefficient (Wildman–Crippen LogP) is 17.4. The van der Waals surface area contributed by atoms with Gasteiger partial charge < -0.3 is 0 Å². The fourth-order valence-electron chi connectivity index (χ4n) is 13.3. The first-order chi connectivity index (χ1) is 29.2. The summed E-state index contributed by atoms with van der Waals surface area (Å²) in [5, 5.41) is 10.9. The van der Waals surface area contributed by atoms with Crippen LogP contribution >= 0.6 is 24.8 Å². The first kappa shape index (κ1) is 39.6. The van der Waals surface area contributed by atoms with Crippen molar-refractivity contribution in [3.63, 3.8) is 0 Å². The Morgan fingerprint density at radius 1 is 0.377 bits per heavy atom. The van der Waals surface area contributed by atoms with Gasteiger partial charge in [0.1, 0.15) is 0 Å². The maximum Gasteiger partial charge on any atom is -0.147 e. The molecule has 0 aromatic heterocycles. The van der Waals surface area contributed by atoms with E-state index in [1.807, 2.05) is 11.1 Å². The van der Waals surface area contributed by atoms with Gasteiger partial charge in [0.05, 0.1) is 0 Å². The van der Waals surface area contributed by atoms with E-state index in [1.54, 1.807) is 22.3 Å². The van der Waals surface area contributed by atoms with Gasteiger partial charge in [-0.05, 0) is 0 Å². The molecule has 8 aromatic rings. The van der Waals surface area contributed by atoms with Crippen LogP contribution in [0, 0.1) is 11.8 Å². The largest absolute Gasteiger partial charge is 0.147 e. The van der Waals surface area contributed by atoms with Gasteiger partial charge in [0.2, 0.25) is 0 Å². The molecule has 8 aromatic carbocycles. The van der Waals surface area contributed by atoms with E-state index in [1.165, 1.54) is 125 Å². The molecule has 0 nitrogen and oxygen atoms in total. The molecule has 61 heavy (non-hydrogen) atoms. The summed E-state index contributed by atoms with van der Waals surface area (Å²) in [5.74, 6) is 1.46. The van der Waals surface area contributed by atoms with Gasteiger partial charge in [-0.2, -0.15) is 0 Å². The van der Waals surface area contributed by atoms with E-state index in [9.17, 15) is 0 Å². The molecule has 1 heterocycles. The van der Waals surface area contributed by atoms with Crippen molar-refractivity contribution in [2.24, 2.45) is 11.8 Å². The minimum atomic E-state index is -3.24. The topological polar surface area (TPSA) is 0 Å². The Kier molecular flexibility index (Phi) is 10.1. The second-order valence-electron chi connectivity index (χ2n) is 18.9. The van der Waals surface area contributed by atoms with Crippen LogP contribution in [0.3, 0.4) is 0 Å². The molecule has 3 fully saturated rings. The van der Waals surface area contributed by atoms with E-state index >= 15 is 0 Å². The van der Waals surface area contributed by atoms with E-state index in [0.717, 1.165) is 11.8 Å². The van der Waals surface area contributed by atoms with E-state index in [2.05, 4.69) is 158 Å². The number of halogens is 2. The third-order valence-corrected chi connectivity index (χ3v) is 34.7. The van der Waals surface area contributed by atoms with Crippen molar-refractivity contribution in [2.75, 3.05) is 0 Å². The molecule has 13 rings (SSSR count). The average molecular weight is 998 g/mol. The normalized spacial score (nSPS) is 20.4. The Bertz CT molecular complexity index is 2790. The number of allylic oxidation sites excluding steroid dienone is 2. The van der Waals surface area contributed by atoms with Gasteiger partial charge in [-0.15, -0.1) is 24.8 Å². The molecule has 2 unspecified atom stereocenters. The minimum absolute atomic E-state index is 0. The van der Waals surface area contributed by atoms with Crippen molar-refractivity contribution in [1.29, 1.82) is 0 Å². The molecular formula is C58H52Cl2Hf. The smallest absolute Gasteiger partial charge is 0.147 e. The van der Waals surface area contributed by atoms with Crippen LogP contribution in [0.4, 0.5) is 0 Å². The molecule has 4 aliphatic carbocycles. The van der Waals surface area contributed by atoms with Crippen LogP contribution in [0.5, 0.6) is 0 Å². The van der Waals surface area contributed by atoms with E-state index < -0.39 is 20.0 Å². The fourth-order valence-corrected chi connectivity index (χ4v) is 41.5. The number of rotatable bonds is 6. The summed E-state index contributed by atoms with van der Waals surface area (Å²) in [6.45, 7) is 0. The number of hydrogen-bond acceptors (Lipinski definition) is 0. The van der Waals surface area contributed by atoms with Crippen molar-refractivity contribution in [3.05, 3.63) is 179 Å². The van der Waals surface area contributed by atoms with Crippen LogP contribution in [0.1, 0.15) is 81.0 Å². The van der Waals surface area contributed by atoms with Crippen LogP contribution in [0.25, 0.3) is 77.5 Å². The average Bonchev–Trinajstić information content (AvgIpc) is 3.82. The predicted molar refractivity (Wildman–Crippen MR) is 263 cm³/mol. The minimum Gasteiger partial charge on any atom is -0.147 e. The Morgan fingerprint density at radius 3 is 1.07 bits per heavy atom. The van der Waals surface area contributed by atoms with Gasteiger partial charge >= 0.3 is 355 Å². The third kappa shape index (κ3) is 6.08. The molecule has 0 amide bonds. The summed E-state index contributed by atoms with van der Waals surface area (Å²) >= 11 is -3.24. The standard InChI is InChI=1S/2C28H23.C2H4.2ClH.Hf/c2*1-2-9-19(8-1)23-17-22-12-7-15-26(27(22)18-23)28-24-13-5-3-10-20(24)16-21-11-4-6-14-25(21)28;1-2;;;/h2*3-7,10-19H,1-2,8-9H2;1-2H2;2*1H;. The van der Waals surface area contributed by atoms with Gasteiger partial charge in [0.25, 0.3) is 0 Å². The second-order valence-corrected chi connectivity index (χ2v) is 35.5. The molecule has 3 heteroatoms. The number of benzene rings is 8. The molecule has 302 valence electrons. The fraction of sp³-hybridized carbons (Fsp3) is 0.241. The second kappa shape index (κ2) is 15.5. The summed E-state index contributed by atoms with van der Waals surface area (Å²) in [4.78, 5) is 0.